The number of aliphatic carboxylic acids is 1. The molecule has 1 aliphatic rings. The van der Waals surface area contributed by atoms with Crippen LogP contribution < -0.4 is 0 Å². The quantitative estimate of drug-likeness (QED) is 0.644. The van der Waals surface area contributed by atoms with E-state index in [0.29, 0.717) is 11.1 Å². The monoisotopic (exact) mass is 241 g/mol. The summed E-state index contributed by atoms with van der Waals surface area (Å²) in [6.07, 6.45) is 1.45. The van der Waals surface area contributed by atoms with Crippen molar-refractivity contribution in [3.8, 4) is 11.5 Å². The van der Waals surface area contributed by atoms with Gasteiger partial charge in [0.15, 0.2) is 17.5 Å². The Morgan fingerprint density at radius 3 is 2.81 bits per heavy atom. The number of fused-ring (bicyclic) bond motifs is 1. The Bertz CT molecular complexity index is 498. The largest absolute Gasteiger partial charge is 0.504 e. The highest BCUT2D eigenvalue weighted by Gasteiger charge is 2.24. The number of phenols is 2. The molecule has 0 aromatic heterocycles. The molecule has 1 aromatic carbocycles. The molecule has 1 aromatic rings. The van der Waals surface area contributed by atoms with Crippen LogP contribution in [0.3, 0.4) is 0 Å². The number of halogens is 1. The van der Waals surface area contributed by atoms with E-state index in [1.54, 1.807) is 0 Å². The zero-order valence-electron chi connectivity index (χ0n) is 8.01. The molecule has 0 saturated carbocycles. The van der Waals surface area contributed by atoms with Gasteiger partial charge in [0.2, 0.25) is 0 Å². The zero-order chi connectivity index (χ0) is 11.9. The van der Waals surface area contributed by atoms with Crippen LogP contribution in [0.1, 0.15) is 11.1 Å². The van der Waals surface area contributed by atoms with E-state index in [-0.39, 0.29) is 17.2 Å². The Balaban J connectivity index is 2.52. The normalized spacial score (nSPS) is 18.2. The molecule has 0 bridgehead atoms. The maximum Gasteiger partial charge on any atom is 0.328 e. The minimum absolute atomic E-state index is 0.0115. The molecule has 0 spiro atoms. The molecule has 0 saturated heterocycles. The number of aromatic hydroxyl groups is 2. The predicted octanol–water partition coefficient (Wildman–Crippen LogP) is 1.18. The molecule has 0 radical (unpaired) electrons. The maximum absolute atomic E-state index is 10.7. The molecule has 6 heteroatoms. The third-order valence-corrected chi connectivity index (χ3v) is 2.81. The van der Waals surface area contributed by atoms with Crippen molar-refractivity contribution in [3.05, 3.63) is 22.2 Å². The highest BCUT2D eigenvalue weighted by molar-refractivity contribution is 6.35. The second-order valence-corrected chi connectivity index (χ2v) is 3.85. The summed E-state index contributed by atoms with van der Waals surface area (Å²) in [5, 5.41) is 27.5. The van der Waals surface area contributed by atoms with Crippen LogP contribution in [0.2, 0.25) is 5.02 Å². The lowest BCUT2D eigenvalue weighted by molar-refractivity contribution is -0.138. The van der Waals surface area contributed by atoms with Gasteiger partial charge in [0.05, 0.1) is 5.02 Å². The molecule has 0 amide bonds. The van der Waals surface area contributed by atoms with Crippen LogP contribution >= 0.6 is 11.6 Å². The van der Waals surface area contributed by atoms with Gasteiger partial charge in [-0.05, 0) is 11.6 Å². The molecule has 3 N–H and O–H groups in total. The SMILES string of the molecule is O=C(O)C1Cc2cc(O)c(O)c(Cl)c2C=N1. The van der Waals surface area contributed by atoms with Crippen LogP contribution in [-0.2, 0) is 11.2 Å². The van der Waals surface area contributed by atoms with Crippen molar-refractivity contribution in [1.82, 2.24) is 0 Å². The number of aliphatic imine (C=N–C) groups is 1. The molecule has 1 heterocycles. The van der Waals surface area contributed by atoms with E-state index >= 15 is 0 Å². The van der Waals surface area contributed by atoms with Gasteiger partial charge in [0.1, 0.15) is 0 Å². The molecular formula is C10H8ClNO4. The Labute approximate surface area is 95.6 Å². The first-order chi connectivity index (χ1) is 7.50. The Morgan fingerprint density at radius 1 is 1.50 bits per heavy atom. The lowest BCUT2D eigenvalue weighted by Crippen LogP contribution is -2.24. The first-order valence-corrected chi connectivity index (χ1v) is 4.87. The molecule has 0 aliphatic carbocycles. The number of hydrogen-bond donors (Lipinski definition) is 3. The number of carbonyl (C=O) groups is 1. The molecule has 16 heavy (non-hydrogen) atoms. The lowest BCUT2D eigenvalue weighted by Gasteiger charge is -2.17. The molecule has 0 fully saturated rings. The number of phenolic OH excluding ortho intramolecular Hbond substituents is 2. The molecular weight excluding hydrogens is 234 g/mol. The van der Waals surface area contributed by atoms with E-state index < -0.39 is 17.8 Å². The smallest absolute Gasteiger partial charge is 0.328 e. The van der Waals surface area contributed by atoms with E-state index in [2.05, 4.69) is 4.99 Å². The molecule has 1 atom stereocenters. The van der Waals surface area contributed by atoms with Crippen molar-refractivity contribution < 1.29 is 20.1 Å². The molecule has 84 valence electrons. The fourth-order valence-corrected chi connectivity index (χ4v) is 1.84. The topological polar surface area (TPSA) is 90.1 Å². The van der Waals surface area contributed by atoms with Gasteiger partial charge in [0.25, 0.3) is 0 Å². The number of nitrogens with zero attached hydrogens (tertiary/aromatic N) is 1. The van der Waals surface area contributed by atoms with Gasteiger partial charge in [-0.1, -0.05) is 11.6 Å². The fourth-order valence-electron chi connectivity index (χ4n) is 1.58. The molecule has 5 nitrogen and oxygen atoms in total. The Morgan fingerprint density at radius 2 is 2.19 bits per heavy atom. The highest BCUT2D eigenvalue weighted by atomic mass is 35.5. The minimum atomic E-state index is -1.04. The van der Waals surface area contributed by atoms with Crippen molar-refractivity contribution in [2.45, 2.75) is 12.5 Å². The third-order valence-electron chi connectivity index (χ3n) is 2.43. The van der Waals surface area contributed by atoms with Crippen molar-refractivity contribution in [3.63, 3.8) is 0 Å². The van der Waals surface area contributed by atoms with Crippen LogP contribution in [0.15, 0.2) is 11.1 Å². The summed E-state index contributed by atoms with van der Waals surface area (Å²) in [5.74, 6) is -1.81. The van der Waals surface area contributed by atoms with E-state index in [0.717, 1.165) is 0 Å². The van der Waals surface area contributed by atoms with Crippen LogP contribution in [0, 0.1) is 0 Å². The average Bonchev–Trinajstić information content (AvgIpc) is 2.25. The Hall–Kier alpha value is -1.75. The molecule has 1 aliphatic heterocycles. The first-order valence-electron chi connectivity index (χ1n) is 4.50. The van der Waals surface area contributed by atoms with Gasteiger partial charge < -0.3 is 15.3 Å². The second-order valence-electron chi connectivity index (χ2n) is 3.47. The minimum Gasteiger partial charge on any atom is -0.504 e. The summed E-state index contributed by atoms with van der Waals surface area (Å²) in [7, 11) is 0. The van der Waals surface area contributed by atoms with Crippen molar-refractivity contribution in [1.29, 1.82) is 0 Å². The van der Waals surface area contributed by atoms with Crippen LogP contribution in [0.4, 0.5) is 0 Å². The van der Waals surface area contributed by atoms with E-state index in [4.69, 9.17) is 16.7 Å². The van der Waals surface area contributed by atoms with Gasteiger partial charge in [-0.3, -0.25) is 4.99 Å². The van der Waals surface area contributed by atoms with Crippen LogP contribution in [0.5, 0.6) is 11.5 Å². The maximum atomic E-state index is 10.7. The fraction of sp³-hybridized carbons (Fsp3) is 0.200. The average molecular weight is 242 g/mol. The number of carboxylic acids is 1. The van der Waals surface area contributed by atoms with Crippen molar-refractivity contribution >= 4 is 23.8 Å². The molecule has 2 rings (SSSR count). The molecule has 1 unspecified atom stereocenters. The predicted molar refractivity (Wildman–Crippen MR) is 57.5 cm³/mol. The van der Waals surface area contributed by atoms with Gasteiger partial charge in [0, 0.05) is 18.2 Å². The van der Waals surface area contributed by atoms with E-state index in [1.807, 2.05) is 0 Å². The number of carboxylic acid groups (broad SMARTS) is 1. The summed E-state index contributed by atoms with van der Waals surface area (Å²) in [5.41, 5.74) is 1.01. The number of benzene rings is 1. The third kappa shape index (κ3) is 1.59. The zero-order valence-corrected chi connectivity index (χ0v) is 8.77. The van der Waals surface area contributed by atoms with Crippen LogP contribution in [0.25, 0.3) is 0 Å². The van der Waals surface area contributed by atoms with Crippen molar-refractivity contribution in [2.24, 2.45) is 4.99 Å². The summed E-state index contributed by atoms with van der Waals surface area (Å²) < 4.78 is 0. The first kappa shape index (κ1) is 10.8. The van der Waals surface area contributed by atoms with E-state index in [1.165, 1.54) is 12.3 Å². The summed E-state index contributed by atoms with van der Waals surface area (Å²) >= 11 is 5.80. The number of rotatable bonds is 1. The lowest BCUT2D eigenvalue weighted by atomic mass is 9.97. The summed E-state index contributed by atoms with van der Waals surface area (Å²) in [6, 6.07) is 0.435. The van der Waals surface area contributed by atoms with E-state index in [9.17, 15) is 15.0 Å². The van der Waals surface area contributed by atoms with Crippen molar-refractivity contribution in [2.75, 3.05) is 0 Å². The second kappa shape index (κ2) is 3.68. The Kier molecular flexibility index (Phi) is 2.47. The number of hydrogen-bond acceptors (Lipinski definition) is 4. The van der Waals surface area contributed by atoms with Gasteiger partial charge >= 0.3 is 5.97 Å². The van der Waals surface area contributed by atoms with Gasteiger partial charge in [-0.2, -0.15) is 0 Å². The van der Waals surface area contributed by atoms with Gasteiger partial charge in [-0.25, -0.2) is 4.79 Å². The standard InChI is InChI=1S/C10H8ClNO4/c11-8-5-3-12-6(10(15)16)1-4(5)2-7(13)9(8)14/h2-3,6,13-14H,1H2,(H,15,16). The summed E-state index contributed by atoms with van der Waals surface area (Å²) in [6.45, 7) is 0. The van der Waals surface area contributed by atoms with Crippen LogP contribution in [-0.4, -0.2) is 33.5 Å². The summed E-state index contributed by atoms with van der Waals surface area (Å²) in [4.78, 5) is 14.5. The van der Waals surface area contributed by atoms with Gasteiger partial charge in [-0.15, -0.1) is 0 Å². The highest BCUT2D eigenvalue weighted by Crippen LogP contribution is 2.38.